The average molecular weight is 297 g/mol. The van der Waals surface area contributed by atoms with Crippen LogP contribution in [0, 0.1) is 5.92 Å². The molecule has 0 saturated heterocycles. The summed E-state index contributed by atoms with van der Waals surface area (Å²) in [6.07, 6.45) is 1.05. The van der Waals surface area contributed by atoms with Gasteiger partial charge >= 0.3 is 0 Å². The van der Waals surface area contributed by atoms with E-state index < -0.39 is 0 Å². The molecule has 1 amide bonds. The standard InChI is InChI=1S/C16H15N3OS/c1-8-6-12(8)18-15(20)14-13(17)10-7-9-4-2-3-5-11(9)19-16(10)21-14/h2-5,7-8,12H,6,17H2,1H3,(H,18,20). The number of fused-ring (bicyclic) bond motifs is 2. The summed E-state index contributed by atoms with van der Waals surface area (Å²) in [4.78, 5) is 18.3. The Morgan fingerprint density at radius 2 is 2.19 bits per heavy atom. The summed E-state index contributed by atoms with van der Waals surface area (Å²) in [6.45, 7) is 2.13. The number of carbonyl (C=O) groups excluding carboxylic acids is 1. The van der Waals surface area contributed by atoms with E-state index in [1.54, 1.807) is 0 Å². The molecule has 1 aromatic carbocycles. The molecule has 1 aliphatic carbocycles. The number of para-hydroxylation sites is 1. The van der Waals surface area contributed by atoms with Gasteiger partial charge in [-0.25, -0.2) is 4.98 Å². The fourth-order valence-electron chi connectivity index (χ4n) is 2.57. The average Bonchev–Trinajstić information content (AvgIpc) is 3.07. The van der Waals surface area contributed by atoms with E-state index in [0.717, 1.165) is 27.5 Å². The quantitative estimate of drug-likeness (QED) is 0.763. The van der Waals surface area contributed by atoms with Crippen LogP contribution in [0.25, 0.3) is 21.1 Å². The summed E-state index contributed by atoms with van der Waals surface area (Å²) in [5.74, 6) is 0.499. The zero-order chi connectivity index (χ0) is 14.6. The van der Waals surface area contributed by atoms with Gasteiger partial charge in [0, 0.05) is 16.8 Å². The summed E-state index contributed by atoms with van der Waals surface area (Å²) >= 11 is 1.37. The zero-order valence-corrected chi connectivity index (χ0v) is 12.4. The first kappa shape index (κ1) is 12.6. The number of aromatic nitrogens is 1. The van der Waals surface area contributed by atoms with Crippen LogP contribution in [0.1, 0.15) is 23.0 Å². The number of nitrogens with two attached hydrogens (primary N) is 1. The first-order chi connectivity index (χ1) is 10.1. The van der Waals surface area contributed by atoms with Gasteiger partial charge in [-0.15, -0.1) is 11.3 Å². The monoisotopic (exact) mass is 297 g/mol. The van der Waals surface area contributed by atoms with Crippen LogP contribution >= 0.6 is 11.3 Å². The molecule has 0 bridgehead atoms. The van der Waals surface area contributed by atoms with E-state index >= 15 is 0 Å². The molecule has 2 heterocycles. The van der Waals surface area contributed by atoms with Crippen molar-refractivity contribution in [3.05, 3.63) is 35.2 Å². The van der Waals surface area contributed by atoms with Crippen LogP contribution in [0.5, 0.6) is 0 Å². The molecule has 0 spiro atoms. The number of amides is 1. The Morgan fingerprint density at radius 1 is 1.43 bits per heavy atom. The Labute approximate surface area is 126 Å². The van der Waals surface area contributed by atoms with Gasteiger partial charge in [0.15, 0.2) is 0 Å². The molecule has 4 nitrogen and oxygen atoms in total. The number of nitrogen functional groups attached to an aromatic ring is 1. The highest BCUT2D eigenvalue weighted by Gasteiger charge is 2.34. The van der Waals surface area contributed by atoms with E-state index in [1.165, 1.54) is 11.3 Å². The summed E-state index contributed by atoms with van der Waals surface area (Å²) in [6, 6.07) is 10.2. The SMILES string of the molecule is CC1CC1NC(=O)c1sc2nc3ccccc3cc2c1N. The molecule has 1 aliphatic rings. The minimum Gasteiger partial charge on any atom is -0.397 e. The third-order valence-corrected chi connectivity index (χ3v) is 5.17. The predicted molar refractivity (Wildman–Crippen MR) is 86.6 cm³/mol. The third kappa shape index (κ3) is 2.05. The lowest BCUT2D eigenvalue weighted by atomic mass is 10.1. The van der Waals surface area contributed by atoms with Crippen LogP contribution in [0.15, 0.2) is 30.3 Å². The molecule has 1 fully saturated rings. The number of pyridine rings is 1. The van der Waals surface area contributed by atoms with E-state index in [9.17, 15) is 4.79 Å². The summed E-state index contributed by atoms with van der Waals surface area (Å²) in [7, 11) is 0. The normalized spacial score (nSPS) is 20.8. The second kappa shape index (κ2) is 4.43. The fraction of sp³-hybridized carbons (Fsp3) is 0.250. The summed E-state index contributed by atoms with van der Waals surface area (Å²) in [5.41, 5.74) is 7.64. The van der Waals surface area contributed by atoms with Crippen LogP contribution in [0.2, 0.25) is 0 Å². The number of nitrogens with one attached hydrogen (secondary N) is 1. The smallest absolute Gasteiger partial charge is 0.263 e. The molecule has 0 aliphatic heterocycles. The molecule has 106 valence electrons. The number of carbonyl (C=O) groups is 1. The van der Waals surface area contributed by atoms with Crippen molar-refractivity contribution in [2.45, 2.75) is 19.4 Å². The maximum Gasteiger partial charge on any atom is 0.263 e. The van der Waals surface area contributed by atoms with E-state index in [0.29, 0.717) is 22.5 Å². The van der Waals surface area contributed by atoms with Crippen LogP contribution in [-0.4, -0.2) is 16.9 Å². The van der Waals surface area contributed by atoms with Crippen LogP contribution in [-0.2, 0) is 0 Å². The van der Waals surface area contributed by atoms with Gasteiger partial charge in [-0.1, -0.05) is 25.1 Å². The van der Waals surface area contributed by atoms with Gasteiger partial charge in [0.1, 0.15) is 9.71 Å². The van der Waals surface area contributed by atoms with Crippen molar-refractivity contribution in [2.24, 2.45) is 5.92 Å². The number of rotatable bonds is 2. The Hall–Kier alpha value is -2.14. The highest BCUT2D eigenvalue weighted by atomic mass is 32.1. The molecule has 3 N–H and O–H groups in total. The van der Waals surface area contributed by atoms with Gasteiger partial charge in [0.2, 0.25) is 0 Å². The highest BCUT2D eigenvalue weighted by molar-refractivity contribution is 7.21. The van der Waals surface area contributed by atoms with Crippen molar-refractivity contribution in [2.75, 3.05) is 5.73 Å². The number of hydrogen-bond donors (Lipinski definition) is 2. The lowest BCUT2D eigenvalue weighted by molar-refractivity contribution is 0.0954. The van der Waals surface area contributed by atoms with Crippen molar-refractivity contribution in [3.63, 3.8) is 0 Å². The number of benzene rings is 1. The molecule has 5 heteroatoms. The first-order valence-electron chi connectivity index (χ1n) is 7.02. The highest BCUT2D eigenvalue weighted by Crippen LogP contribution is 2.35. The fourth-order valence-corrected chi connectivity index (χ4v) is 3.56. The van der Waals surface area contributed by atoms with Crippen LogP contribution in [0.4, 0.5) is 5.69 Å². The van der Waals surface area contributed by atoms with Crippen LogP contribution < -0.4 is 11.1 Å². The molecule has 21 heavy (non-hydrogen) atoms. The Bertz CT molecular complexity index is 870. The molecular formula is C16H15N3OS. The molecule has 3 aromatic rings. The lowest BCUT2D eigenvalue weighted by Crippen LogP contribution is -2.26. The number of nitrogens with zero attached hydrogens (tertiary/aromatic N) is 1. The predicted octanol–water partition coefficient (Wildman–Crippen LogP) is 3.17. The molecule has 2 unspecified atom stereocenters. The van der Waals surface area contributed by atoms with Gasteiger partial charge in [0.05, 0.1) is 11.2 Å². The van der Waals surface area contributed by atoms with Crippen molar-refractivity contribution in [1.82, 2.24) is 10.3 Å². The third-order valence-electron chi connectivity index (χ3n) is 4.05. The minimum absolute atomic E-state index is 0.0751. The second-order valence-corrected chi connectivity index (χ2v) is 6.67. The Morgan fingerprint density at radius 3 is 2.95 bits per heavy atom. The number of anilines is 1. The Kier molecular flexibility index (Phi) is 2.65. The lowest BCUT2D eigenvalue weighted by Gasteiger charge is -2.02. The molecule has 4 rings (SSSR count). The van der Waals surface area contributed by atoms with E-state index in [1.807, 2.05) is 30.3 Å². The van der Waals surface area contributed by atoms with E-state index in [-0.39, 0.29) is 5.91 Å². The van der Waals surface area contributed by atoms with Crippen LogP contribution in [0.3, 0.4) is 0 Å². The summed E-state index contributed by atoms with van der Waals surface area (Å²) in [5, 5.41) is 4.93. The van der Waals surface area contributed by atoms with E-state index in [4.69, 9.17) is 5.73 Å². The molecule has 2 aromatic heterocycles. The maximum atomic E-state index is 12.3. The maximum absolute atomic E-state index is 12.3. The molecule has 0 radical (unpaired) electrons. The van der Waals surface area contributed by atoms with Crippen molar-refractivity contribution >= 4 is 44.1 Å². The first-order valence-corrected chi connectivity index (χ1v) is 7.84. The van der Waals surface area contributed by atoms with E-state index in [2.05, 4.69) is 17.2 Å². The van der Waals surface area contributed by atoms with Crippen molar-refractivity contribution < 1.29 is 4.79 Å². The van der Waals surface area contributed by atoms with Gasteiger partial charge in [-0.2, -0.15) is 0 Å². The molecule has 2 atom stereocenters. The second-order valence-electron chi connectivity index (χ2n) is 5.67. The summed E-state index contributed by atoms with van der Waals surface area (Å²) < 4.78 is 0. The van der Waals surface area contributed by atoms with Gasteiger partial charge in [0.25, 0.3) is 5.91 Å². The Balaban J connectivity index is 1.81. The number of hydrogen-bond acceptors (Lipinski definition) is 4. The molecular weight excluding hydrogens is 282 g/mol. The van der Waals surface area contributed by atoms with Gasteiger partial charge < -0.3 is 11.1 Å². The molecule has 1 saturated carbocycles. The van der Waals surface area contributed by atoms with Gasteiger partial charge in [-0.3, -0.25) is 4.79 Å². The zero-order valence-electron chi connectivity index (χ0n) is 11.6. The minimum atomic E-state index is -0.0751. The van der Waals surface area contributed by atoms with Crippen molar-refractivity contribution in [1.29, 1.82) is 0 Å². The number of thiophene rings is 1. The largest absolute Gasteiger partial charge is 0.397 e. The van der Waals surface area contributed by atoms with Crippen molar-refractivity contribution in [3.8, 4) is 0 Å². The van der Waals surface area contributed by atoms with Gasteiger partial charge in [-0.05, 0) is 24.5 Å². The topological polar surface area (TPSA) is 68.0 Å².